The molecule has 1 saturated heterocycles. The number of carbonyl (C=O) groups is 1. The van der Waals surface area contributed by atoms with E-state index in [4.69, 9.17) is 9.47 Å². The Balaban J connectivity index is 1.66. The smallest absolute Gasteiger partial charge is 0.254 e. The molecule has 3 rings (SSSR count). The predicted octanol–water partition coefficient (Wildman–Crippen LogP) is 2.51. The van der Waals surface area contributed by atoms with Crippen LogP contribution in [0.5, 0.6) is 11.8 Å². The van der Waals surface area contributed by atoms with Gasteiger partial charge >= 0.3 is 0 Å². The SMILES string of the molecule is COc1nc(OC2CCC(F)(F)C2)c(F)cc1CNC(=O)[C@@H]1CCCN1C. The number of alkyl halides is 2. The average molecular weight is 387 g/mol. The minimum absolute atomic E-state index is 0.0536. The normalized spacial score (nSPS) is 24.8. The third-order valence-corrected chi connectivity index (χ3v) is 5.09. The van der Waals surface area contributed by atoms with Gasteiger partial charge in [-0.15, -0.1) is 0 Å². The number of carbonyl (C=O) groups excluding carboxylic acids is 1. The van der Waals surface area contributed by atoms with E-state index in [1.807, 2.05) is 11.9 Å². The van der Waals surface area contributed by atoms with Gasteiger partial charge in [0.15, 0.2) is 5.82 Å². The van der Waals surface area contributed by atoms with Gasteiger partial charge in [0.05, 0.1) is 13.2 Å². The van der Waals surface area contributed by atoms with Gasteiger partial charge in [-0.1, -0.05) is 0 Å². The molecule has 0 spiro atoms. The van der Waals surface area contributed by atoms with E-state index in [1.165, 1.54) is 7.11 Å². The van der Waals surface area contributed by atoms with Crippen LogP contribution in [0.4, 0.5) is 13.2 Å². The summed E-state index contributed by atoms with van der Waals surface area (Å²) in [6, 6.07) is 0.966. The molecule has 2 heterocycles. The van der Waals surface area contributed by atoms with Crippen molar-refractivity contribution in [2.24, 2.45) is 0 Å². The summed E-state index contributed by atoms with van der Waals surface area (Å²) in [5.74, 6) is -3.96. The number of nitrogens with zero attached hydrogens (tertiary/aromatic N) is 2. The van der Waals surface area contributed by atoms with Gasteiger partial charge in [-0.25, -0.2) is 13.2 Å². The largest absolute Gasteiger partial charge is 0.481 e. The summed E-state index contributed by atoms with van der Waals surface area (Å²) in [6.45, 7) is 0.919. The predicted molar refractivity (Wildman–Crippen MR) is 91.5 cm³/mol. The lowest BCUT2D eigenvalue weighted by atomic mass is 10.2. The molecule has 9 heteroatoms. The topological polar surface area (TPSA) is 63.7 Å². The van der Waals surface area contributed by atoms with Crippen LogP contribution in [0.1, 0.15) is 37.7 Å². The summed E-state index contributed by atoms with van der Waals surface area (Å²) in [5.41, 5.74) is 0.355. The van der Waals surface area contributed by atoms with Gasteiger partial charge in [0.1, 0.15) is 6.10 Å². The zero-order chi connectivity index (χ0) is 19.6. The summed E-state index contributed by atoms with van der Waals surface area (Å²) < 4.78 is 51.4. The van der Waals surface area contributed by atoms with E-state index in [9.17, 15) is 18.0 Å². The maximum atomic E-state index is 14.3. The molecule has 1 aliphatic heterocycles. The Morgan fingerprint density at radius 3 is 2.78 bits per heavy atom. The minimum Gasteiger partial charge on any atom is -0.481 e. The summed E-state index contributed by atoms with van der Waals surface area (Å²) in [6.07, 6.45) is 0.364. The summed E-state index contributed by atoms with van der Waals surface area (Å²) in [4.78, 5) is 18.2. The number of pyridine rings is 1. The van der Waals surface area contributed by atoms with Gasteiger partial charge in [0, 0.05) is 24.9 Å². The molecule has 1 unspecified atom stereocenters. The number of ether oxygens (including phenoxy) is 2. The fourth-order valence-electron chi connectivity index (χ4n) is 3.59. The van der Waals surface area contributed by atoms with Crippen LogP contribution in [-0.4, -0.2) is 54.6 Å². The Bertz CT molecular complexity index is 702. The molecule has 1 saturated carbocycles. The lowest BCUT2D eigenvalue weighted by Crippen LogP contribution is -2.41. The maximum absolute atomic E-state index is 14.3. The van der Waals surface area contributed by atoms with E-state index in [0.717, 1.165) is 25.5 Å². The van der Waals surface area contributed by atoms with Gasteiger partial charge < -0.3 is 14.8 Å². The number of halogens is 3. The van der Waals surface area contributed by atoms with Crippen LogP contribution in [-0.2, 0) is 11.3 Å². The summed E-state index contributed by atoms with van der Waals surface area (Å²) in [5, 5.41) is 2.77. The highest BCUT2D eigenvalue weighted by atomic mass is 19.3. The molecule has 1 aromatic rings. The number of rotatable bonds is 6. The first kappa shape index (κ1) is 19.7. The third kappa shape index (κ3) is 4.63. The van der Waals surface area contributed by atoms with Crippen LogP contribution in [0.25, 0.3) is 0 Å². The molecule has 150 valence electrons. The van der Waals surface area contributed by atoms with E-state index < -0.39 is 24.3 Å². The Morgan fingerprint density at radius 2 is 2.19 bits per heavy atom. The number of likely N-dealkylation sites (tertiary alicyclic amines) is 1. The molecule has 1 amide bonds. The Labute approximate surface area is 156 Å². The molecule has 1 aliphatic carbocycles. The fraction of sp³-hybridized carbons (Fsp3) is 0.667. The van der Waals surface area contributed by atoms with Crippen LogP contribution >= 0.6 is 0 Å². The zero-order valence-electron chi connectivity index (χ0n) is 15.4. The second kappa shape index (κ2) is 7.92. The molecule has 1 aromatic heterocycles. The van der Waals surface area contributed by atoms with Crippen molar-refractivity contribution in [1.82, 2.24) is 15.2 Å². The fourth-order valence-corrected chi connectivity index (χ4v) is 3.59. The molecule has 0 radical (unpaired) electrons. The van der Waals surface area contributed by atoms with Crippen LogP contribution in [0.3, 0.4) is 0 Å². The zero-order valence-corrected chi connectivity index (χ0v) is 15.4. The van der Waals surface area contributed by atoms with Crippen molar-refractivity contribution >= 4 is 5.91 Å². The Kier molecular flexibility index (Phi) is 5.78. The lowest BCUT2D eigenvalue weighted by Gasteiger charge is -2.19. The number of likely N-dealkylation sites (N-methyl/N-ethyl adjacent to an activating group) is 1. The molecule has 2 fully saturated rings. The molecule has 2 aliphatic rings. The van der Waals surface area contributed by atoms with Gasteiger partial charge in [-0.3, -0.25) is 9.69 Å². The van der Waals surface area contributed by atoms with Crippen molar-refractivity contribution in [1.29, 1.82) is 0 Å². The number of methoxy groups -OCH3 is 1. The quantitative estimate of drug-likeness (QED) is 0.813. The highest BCUT2D eigenvalue weighted by Gasteiger charge is 2.41. The minimum atomic E-state index is -2.79. The van der Waals surface area contributed by atoms with Crippen LogP contribution in [0.2, 0.25) is 0 Å². The second-order valence-corrected chi connectivity index (χ2v) is 7.14. The van der Waals surface area contributed by atoms with Gasteiger partial charge in [-0.05, 0) is 38.9 Å². The Hall–Kier alpha value is -2.03. The van der Waals surface area contributed by atoms with Crippen molar-refractivity contribution in [2.75, 3.05) is 20.7 Å². The van der Waals surface area contributed by atoms with Crippen LogP contribution < -0.4 is 14.8 Å². The second-order valence-electron chi connectivity index (χ2n) is 7.14. The lowest BCUT2D eigenvalue weighted by molar-refractivity contribution is -0.125. The number of amides is 1. The molecular formula is C18H24F3N3O3. The van der Waals surface area contributed by atoms with E-state index >= 15 is 0 Å². The first-order valence-electron chi connectivity index (χ1n) is 9.05. The van der Waals surface area contributed by atoms with E-state index in [-0.39, 0.29) is 43.1 Å². The summed E-state index contributed by atoms with van der Waals surface area (Å²) >= 11 is 0. The molecule has 0 bridgehead atoms. The molecule has 27 heavy (non-hydrogen) atoms. The van der Waals surface area contributed by atoms with Crippen molar-refractivity contribution in [3.63, 3.8) is 0 Å². The molecule has 6 nitrogen and oxygen atoms in total. The molecule has 1 N–H and O–H groups in total. The van der Waals surface area contributed by atoms with E-state index in [1.54, 1.807) is 0 Å². The monoisotopic (exact) mass is 387 g/mol. The van der Waals surface area contributed by atoms with Crippen LogP contribution in [0.15, 0.2) is 6.07 Å². The number of nitrogens with one attached hydrogen (secondary N) is 1. The van der Waals surface area contributed by atoms with E-state index in [0.29, 0.717) is 5.56 Å². The van der Waals surface area contributed by atoms with Crippen molar-refractivity contribution in [3.8, 4) is 11.8 Å². The highest BCUT2D eigenvalue weighted by Crippen LogP contribution is 2.37. The summed E-state index contributed by atoms with van der Waals surface area (Å²) in [7, 11) is 3.25. The Morgan fingerprint density at radius 1 is 1.41 bits per heavy atom. The molecular weight excluding hydrogens is 363 g/mol. The number of hydrogen-bond donors (Lipinski definition) is 1. The first-order chi connectivity index (χ1) is 12.8. The van der Waals surface area contributed by atoms with Gasteiger partial charge in [0.2, 0.25) is 11.8 Å². The van der Waals surface area contributed by atoms with Crippen molar-refractivity contribution in [3.05, 3.63) is 17.4 Å². The first-order valence-corrected chi connectivity index (χ1v) is 9.05. The van der Waals surface area contributed by atoms with E-state index in [2.05, 4.69) is 10.3 Å². The maximum Gasteiger partial charge on any atom is 0.254 e. The standard InChI is InChI=1S/C18H24F3N3O3/c1-24-7-3-4-14(24)15(25)22-10-11-8-13(19)17(23-16(11)26-2)27-12-5-6-18(20,21)9-12/h8,12,14H,3-7,9-10H2,1-2H3,(H,22,25)/t12?,14-/m0/s1. The number of hydrogen-bond acceptors (Lipinski definition) is 5. The third-order valence-electron chi connectivity index (χ3n) is 5.09. The van der Waals surface area contributed by atoms with Gasteiger partial charge in [0.25, 0.3) is 11.8 Å². The highest BCUT2D eigenvalue weighted by molar-refractivity contribution is 5.82. The van der Waals surface area contributed by atoms with Crippen molar-refractivity contribution in [2.45, 2.75) is 56.7 Å². The van der Waals surface area contributed by atoms with Gasteiger partial charge in [-0.2, -0.15) is 4.98 Å². The molecule has 0 aromatic carbocycles. The average Bonchev–Trinajstić information content (AvgIpc) is 3.19. The molecule has 2 atom stereocenters. The number of aromatic nitrogens is 1. The van der Waals surface area contributed by atoms with Crippen molar-refractivity contribution < 1.29 is 27.4 Å². The van der Waals surface area contributed by atoms with Crippen LogP contribution in [0, 0.1) is 5.82 Å².